The van der Waals surface area contributed by atoms with E-state index in [1.165, 1.54) is 6.08 Å². The van der Waals surface area contributed by atoms with E-state index in [0.29, 0.717) is 22.9 Å². The standard InChI is InChI=1S/C13H15ClO3S/c1-18-9-3-8-17-12-5-2-4-11(14)10(12)6-7-13(15)16/h2,4-7H,3,8-9H2,1H3,(H,15,16)/b7-6+. The summed E-state index contributed by atoms with van der Waals surface area (Å²) in [6, 6.07) is 5.27. The Bertz CT molecular complexity index is 432. The van der Waals surface area contributed by atoms with Crippen LogP contribution in [0.25, 0.3) is 6.08 Å². The van der Waals surface area contributed by atoms with Crippen LogP contribution in [0.4, 0.5) is 0 Å². The molecule has 0 aromatic heterocycles. The highest BCUT2D eigenvalue weighted by molar-refractivity contribution is 7.98. The van der Waals surface area contributed by atoms with Crippen LogP contribution in [0.5, 0.6) is 5.75 Å². The molecule has 0 atom stereocenters. The third-order valence-corrected chi connectivity index (χ3v) is 3.18. The third-order valence-electron chi connectivity index (χ3n) is 2.16. The number of thioether (sulfide) groups is 1. The van der Waals surface area contributed by atoms with Crippen LogP contribution in [0.15, 0.2) is 24.3 Å². The molecular weight excluding hydrogens is 272 g/mol. The van der Waals surface area contributed by atoms with E-state index in [1.54, 1.807) is 30.0 Å². The first-order chi connectivity index (χ1) is 8.65. The number of carbonyl (C=O) groups is 1. The molecule has 1 rings (SSSR count). The minimum atomic E-state index is -1.01. The fourth-order valence-electron chi connectivity index (χ4n) is 1.34. The van der Waals surface area contributed by atoms with Gasteiger partial charge in [0.05, 0.1) is 11.6 Å². The molecule has 18 heavy (non-hydrogen) atoms. The van der Waals surface area contributed by atoms with Gasteiger partial charge in [0.2, 0.25) is 0 Å². The lowest BCUT2D eigenvalue weighted by Crippen LogP contribution is -2.00. The molecule has 0 bridgehead atoms. The summed E-state index contributed by atoms with van der Waals surface area (Å²) in [5.74, 6) is 0.630. The van der Waals surface area contributed by atoms with Gasteiger partial charge in [-0.05, 0) is 36.6 Å². The number of hydrogen-bond acceptors (Lipinski definition) is 3. The zero-order chi connectivity index (χ0) is 13.4. The van der Waals surface area contributed by atoms with Crippen LogP contribution in [0.2, 0.25) is 5.02 Å². The Labute approximate surface area is 116 Å². The molecule has 0 saturated heterocycles. The van der Waals surface area contributed by atoms with Crippen molar-refractivity contribution in [3.63, 3.8) is 0 Å². The Morgan fingerprint density at radius 1 is 1.56 bits per heavy atom. The van der Waals surface area contributed by atoms with Gasteiger partial charge in [-0.3, -0.25) is 0 Å². The number of benzene rings is 1. The second-order valence-electron chi connectivity index (χ2n) is 3.52. The molecular formula is C13H15ClO3S. The van der Waals surface area contributed by atoms with Crippen molar-refractivity contribution < 1.29 is 14.6 Å². The van der Waals surface area contributed by atoms with Crippen molar-refractivity contribution in [2.24, 2.45) is 0 Å². The minimum Gasteiger partial charge on any atom is -0.493 e. The van der Waals surface area contributed by atoms with E-state index in [0.717, 1.165) is 18.2 Å². The van der Waals surface area contributed by atoms with Crippen LogP contribution in [-0.2, 0) is 4.79 Å². The summed E-state index contributed by atoms with van der Waals surface area (Å²) in [4.78, 5) is 10.5. The van der Waals surface area contributed by atoms with Crippen LogP contribution in [0.1, 0.15) is 12.0 Å². The predicted octanol–water partition coefficient (Wildman–Crippen LogP) is 3.57. The maximum absolute atomic E-state index is 10.5. The van der Waals surface area contributed by atoms with Gasteiger partial charge in [-0.15, -0.1) is 0 Å². The molecule has 1 N–H and O–H groups in total. The molecule has 0 aliphatic rings. The van der Waals surface area contributed by atoms with Crippen molar-refractivity contribution in [2.75, 3.05) is 18.6 Å². The van der Waals surface area contributed by atoms with E-state index in [1.807, 2.05) is 6.26 Å². The third kappa shape index (κ3) is 5.02. The van der Waals surface area contributed by atoms with Crippen molar-refractivity contribution in [3.8, 4) is 5.75 Å². The summed E-state index contributed by atoms with van der Waals surface area (Å²) in [6.45, 7) is 0.592. The molecule has 0 spiro atoms. The van der Waals surface area contributed by atoms with Crippen LogP contribution in [-0.4, -0.2) is 29.7 Å². The van der Waals surface area contributed by atoms with Crippen molar-refractivity contribution in [1.82, 2.24) is 0 Å². The quantitative estimate of drug-likeness (QED) is 0.615. The summed E-state index contributed by atoms with van der Waals surface area (Å²) in [6.07, 6.45) is 5.49. The molecule has 0 amide bonds. The van der Waals surface area contributed by atoms with Gasteiger partial charge in [0.15, 0.2) is 0 Å². The molecule has 3 nitrogen and oxygen atoms in total. The van der Waals surface area contributed by atoms with E-state index in [2.05, 4.69) is 0 Å². The van der Waals surface area contributed by atoms with Crippen LogP contribution in [0, 0.1) is 0 Å². The smallest absolute Gasteiger partial charge is 0.328 e. The number of aliphatic carboxylic acids is 1. The first kappa shape index (κ1) is 14.9. The molecule has 0 unspecified atom stereocenters. The molecule has 1 aromatic rings. The van der Waals surface area contributed by atoms with Gasteiger partial charge in [0, 0.05) is 11.6 Å². The summed E-state index contributed by atoms with van der Waals surface area (Å²) in [5, 5.41) is 9.11. The molecule has 0 aliphatic heterocycles. The molecule has 1 aromatic carbocycles. The number of halogens is 1. The van der Waals surface area contributed by atoms with Gasteiger partial charge in [0.1, 0.15) is 5.75 Å². The molecule has 0 radical (unpaired) electrons. The number of carboxylic acids is 1. The van der Waals surface area contributed by atoms with Gasteiger partial charge in [-0.2, -0.15) is 11.8 Å². The molecule has 0 heterocycles. The summed E-state index contributed by atoms with van der Waals surface area (Å²) < 4.78 is 5.61. The highest BCUT2D eigenvalue weighted by Crippen LogP contribution is 2.28. The Morgan fingerprint density at radius 2 is 2.33 bits per heavy atom. The number of carboxylic acid groups (broad SMARTS) is 1. The minimum absolute atomic E-state index is 0.481. The highest BCUT2D eigenvalue weighted by Gasteiger charge is 2.05. The maximum Gasteiger partial charge on any atom is 0.328 e. The summed E-state index contributed by atoms with van der Waals surface area (Å²) in [7, 11) is 0. The van der Waals surface area contributed by atoms with Gasteiger partial charge < -0.3 is 9.84 Å². The van der Waals surface area contributed by atoms with Crippen LogP contribution >= 0.6 is 23.4 Å². The first-order valence-electron chi connectivity index (χ1n) is 5.46. The van der Waals surface area contributed by atoms with E-state index >= 15 is 0 Å². The van der Waals surface area contributed by atoms with Gasteiger partial charge in [0.25, 0.3) is 0 Å². The summed E-state index contributed by atoms with van der Waals surface area (Å²) >= 11 is 7.79. The number of hydrogen-bond donors (Lipinski definition) is 1. The highest BCUT2D eigenvalue weighted by atomic mass is 35.5. The summed E-state index contributed by atoms with van der Waals surface area (Å²) in [5.41, 5.74) is 0.603. The Kier molecular flexibility index (Phi) is 6.68. The zero-order valence-electron chi connectivity index (χ0n) is 10.1. The van der Waals surface area contributed by atoms with E-state index in [9.17, 15) is 4.79 Å². The van der Waals surface area contributed by atoms with Crippen LogP contribution in [0.3, 0.4) is 0 Å². The van der Waals surface area contributed by atoms with Crippen molar-refractivity contribution in [1.29, 1.82) is 0 Å². The molecule has 0 fully saturated rings. The van der Waals surface area contributed by atoms with Crippen molar-refractivity contribution in [3.05, 3.63) is 34.9 Å². The first-order valence-corrected chi connectivity index (χ1v) is 7.23. The van der Waals surface area contributed by atoms with Gasteiger partial charge in [-0.1, -0.05) is 17.7 Å². The SMILES string of the molecule is CSCCCOc1cccc(Cl)c1/C=C/C(=O)O. The second-order valence-corrected chi connectivity index (χ2v) is 4.91. The lowest BCUT2D eigenvalue weighted by molar-refractivity contribution is -0.131. The normalized spacial score (nSPS) is 10.8. The fraction of sp³-hybridized carbons (Fsp3) is 0.308. The average Bonchev–Trinajstić information content (AvgIpc) is 2.33. The maximum atomic E-state index is 10.5. The van der Waals surface area contributed by atoms with E-state index in [-0.39, 0.29) is 0 Å². The van der Waals surface area contributed by atoms with Crippen molar-refractivity contribution in [2.45, 2.75) is 6.42 Å². The number of ether oxygens (including phenoxy) is 1. The Morgan fingerprint density at radius 3 is 3.00 bits per heavy atom. The Hall–Kier alpha value is -1.13. The monoisotopic (exact) mass is 286 g/mol. The second kappa shape index (κ2) is 8.06. The molecule has 0 aliphatic carbocycles. The van der Waals surface area contributed by atoms with Crippen LogP contribution < -0.4 is 4.74 Å². The van der Waals surface area contributed by atoms with Gasteiger partial charge >= 0.3 is 5.97 Å². The molecule has 98 valence electrons. The number of rotatable bonds is 7. The van der Waals surface area contributed by atoms with Gasteiger partial charge in [-0.25, -0.2) is 4.79 Å². The van der Waals surface area contributed by atoms with E-state index < -0.39 is 5.97 Å². The predicted molar refractivity (Wildman–Crippen MR) is 76.6 cm³/mol. The fourth-order valence-corrected chi connectivity index (χ4v) is 1.98. The molecule has 5 heteroatoms. The topological polar surface area (TPSA) is 46.5 Å². The lowest BCUT2D eigenvalue weighted by Gasteiger charge is -2.10. The van der Waals surface area contributed by atoms with Crippen molar-refractivity contribution >= 4 is 35.4 Å². The Balaban J connectivity index is 2.77. The largest absolute Gasteiger partial charge is 0.493 e. The lowest BCUT2D eigenvalue weighted by atomic mass is 10.2. The molecule has 0 saturated carbocycles. The zero-order valence-corrected chi connectivity index (χ0v) is 11.6. The van der Waals surface area contributed by atoms with E-state index in [4.69, 9.17) is 21.4 Å². The average molecular weight is 287 g/mol.